The van der Waals surface area contributed by atoms with Gasteiger partial charge in [-0.1, -0.05) is 18.2 Å². The molecule has 3 rings (SSSR count). The molecule has 1 saturated heterocycles. The lowest BCUT2D eigenvalue weighted by Crippen LogP contribution is -2.26. The molecule has 1 unspecified atom stereocenters. The number of benzene rings is 1. The van der Waals surface area contributed by atoms with Crippen molar-refractivity contribution in [3.8, 4) is 0 Å². The first-order valence-electron chi connectivity index (χ1n) is 8.27. The number of aromatic nitrogens is 1. The van der Waals surface area contributed by atoms with Crippen molar-refractivity contribution in [2.45, 2.75) is 32.6 Å². The van der Waals surface area contributed by atoms with Gasteiger partial charge < -0.3 is 15.6 Å². The van der Waals surface area contributed by atoms with E-state index in [0.29, 0.717) is 18.9 Å². The molecule has 1 atom stereocenters. The zero-order valence-electron chi connectivity index (χ0n) is 13.7. The highest BCUT2D eigenvalue weighted by Gasteiger charge is 2.15. The summed E-state index contributed by atoms with van der Waals surface area (Å²) < 4.78 is 0. The minimum atomic E-state index is 0. The van der Waals surface area contributed by atoms with Gasteiger partial charge in [-0.25, -0.2) is 0 Å². The van der Waals surface area contributed by atoms with Gasteiger partial charge >= 0.3 is 0 Å². The third-order valence-corrected chi connectivity index (χ3v) is 4.67. The lowest BCUT2D eigenvalue weighted by Gasteiger charge is -2.09. The topological polar surface area (TPSA) is 56.9 Å². The van der Waals surface area contributed by atoms with Crippen LogP contribution in [0.1, 0.15) is 30.5 Å². The van der Waals surface area contributed by atoms with E-state index in [4.69, 9.17) is 0 Å². The number of hydrogen-bond acceptors (Lipinski definition) is 2. The summed E-state index contributed by atoms with van der Waals surface area (Å²) in [7, 11) is 0. The van der Waals surface area contributed by atoms with Gasteiger partial charge in [0, 0.05) is 29.6 Å². The number of amides is 1. The first-order chi connectivity index (χ1) is 10.7. The summed E-state index contributed by atoms with van der Waals surface area (Å²) in [4.78, 5) is 15.3. The molecule has 2 heterocycles. The molecule has 126 valence electrons. The number of carbonyl (C=O) groups excluding carboxylic acids is 1. The highest BCUT2D eigenvalue weighted by atomic mass is 35.5. The summed E-state index contributed by atoms with van der Waals surface area (Å²) in [5.41, 5.74) is 3.69. The molecule has 1 aromatic heterocycles. The maximum absolute atomic E-state index is 11.9. The van der Waals surface area contributed by atoms with E-state index in [2.05, 4.69) is 40.7 Å². The fourth-order valence-corrected chi connectivity index (χ4v) is 3.37. The van der Waals surface area contributed by atoms with Gasteiger partial charge in [-0.3, -0.25) is 4.79 Å². The maximum atomic E-state index is 11.9. The Bertz CT molecular complexity index is 647. The highest BCUT2D eigenvalue weighted by molar-refractivity contribution is 5.85. The van der Waals surface area contributed by atoms with Crippen LogP contribution in [0.5, 0.6) is 0 Å². The quantitative estimate of drug-likeness (QED) is 0.760. The van der Waals surface area contributed by atoms with Gasteiger partial charge in [0.15, 0.2) is 0 Å². The number of H-pyrrole nitrogens is 1. The van der Waals surface area contributed by atoms with E-state index in [9.17, 15) is 4.79 Å². The van der Waals surface area contributed by atoms with Crippen LogP contribution in [0, 0.1) is 12.8 Å². The van der Waals surface area contributed by atoms with Crippen LogP contribution in [-0.2, 0) is 11.2 Å². The fourth-order valence-electron chi connectivity index (χ4n) is 3.37. The molecule has 4 nitrogen and oxygen atoms in total. The normalized spacial score (nSPS) is 17.2. The molecule has 23 heavy (non-hydrogen) atoms. The van der Waals surface area contributed by atoms with Crippen LogP contribution >= 0.6 is 12.4 Å². The molecule has 1 aliphatic rings. The maximum Gasteiger partial charge on any atom is 0.220 e. The Hall–Kier alpha value is -1.52. The van der Waals surface area contributed by atoms with E-state index in [0.717, 1.165) is 25.9 Å². The van der Waals surface area contributed by atoms with Crippen molar-refractivity contribution in [2.75, 3.05) is 19.6 Å². The zero-order chi connectivity index (χ0) is 15.4. The van der Waals surface area contributed by atoms with Crippen molar-refractivity contribution < 1.29 is 4.79 Å². The third kappa shape index (κ3) is 4.49. The number of aromatic amines is 1. The number of hydrogen-bond donors (Lipinski definition) is 3. The molecular weight excluding hydrogens is 310 g/mol. The SMILES string of the molecule is Cc1[nH]c2ccccc2c1CCNC(=O)CCC1CCNC1.Cl. The van der Waals surface area contributed by atoms with Gasteiger partial charge in [0.05, 0.1) is 0 Å². The zero-order valence-corrected chi connectivity index (χ0v) is 14.5. The molecule has 1 amide bonds. The Morgan fingerprint density at radius 1 is 1.35 bits per heavy atom. The van der Waals surface area contributed by atoms with Crippen LogP contribution in [0.25, 0.3) is 10.9 Å². The van der Waals surface area contributed by atoms with Gasteiger partial charge in [-0.15, -0.1) is 12.4 Å². The van der Waals surface area contributed by atoms with E-state index < -0.39 is 0 Å². The number of rotatable bonds is 6. The summed E-state index contributed by atoms with van der Waals surface area (Å²) in [5, 5.41) is 7.68. The van der Waals surface area contributed by atoms with E-state index >= 15 is 0 Å². The summed E-state index contributed by atoms with van der Waals surface area (Å²) in [5.74, 6) is 0.867. The van der Waals surface area contributed by atoms with E-state index in [1.165, 1.54) is 28.6 Å². The Labute approximate surface area is 143 Å². The van der Waals surface area contributed by atoms with Crippen LogP contribution < -0.4 is 10.6 Å². The second-order valence-corrected chi connectivity index (χ2v) is 6.27. The van der Waals surface area contributed by atoms with Crippen molar-refractivity contribution in [1.82, 2.24) is 15.6 Å². The summed E-state index contributed by atoms with van der Waals surface area (Å²) in [6, 6.07) is 8.35. The molecule has 1 aromatic carbocycles. The molecule has 0 bridgehead atoms. The predicted molar refractivity (Wildman–Crippen MR) is 97.2 cm³/mol. The van der Waals surface area contributed by atoms with Gasteiger partial charge in [0.2, 0.25) is 5.91 Å². The Balaban J connectivity index is 0.00000192. The van der Waals surface area contributed by atoms with E-state index in [1.807, 2.05) is 6.07 Å². The number of carbonyl (C=O) groups is 1. The van der Waals surface area contributed by atoms with Gasteiger partial charge in [0.1, 0.15) is 0 Å². The van der Waals surface area contributed by atoms with Crippen LogP contribution in [0.15, 0.2) is 24.3 Å². The summed E-state index contributed by atoms with van der Waals surface area (Å²) in [6.45, 7) is 4.99. The van der Waals surface area contributed by atoms with Crippen molar-refractivity contribution in [1.29, 1.82) is 0 Å². The highest BCUT2D eigenvalue weighted by Crippen LogP contribution is 2.22. The summed E-state index contributed by atoms with van der Waals surface area (Å²) in [6.07, 6.45) is 3.75. The second-order valence-electron chi connectivity index (χ2n) is 6.27. The van der Waals surface area contributed by atoms with Crippen LogP contribution in [0.2, 0.25) is 0 Å². The fraction of sp³-hybridized carbons (Fsp3) is 0.500. The monoisotopic (exact) mass is 335 g/mol. The first kappa shape index (κ1) is 17.8. The molecular formula is C18H26ClN3O. The Morgan fingerprint density at radius 3 is 2.96 bits per heavy atom. The van der Waals surface area contributed by atoms with Crippen molar-refractivity contribution in [3.63, 3.8) is 0 Å². The lowest BCUT2D eigenvalue weighted by molar-refractivity contribution is -0.121. The van der Waals surface area contributed by atoms with E-state index in [1.54, 1.807) is 0 Å². The third-order valence-electron chi connectivity index (χ3n) is 4.67. The average molecular weight is 336 g/mol. The second kappa shape index (κ2) is 8.37. The minimum absolute atomic E-state index is 0. The molecule has 0 aliphatic carbocycles. The molecule has 1 fully saturated rings. The number of fused-ring (bicyclic) bond motifs is 1. The molecule has 3 N–H and O–H groups in total. The molecule has 5 heteroatoms. The average Bonchev–Trinajstić information content (AvgIpc) is 3.13. The number of aryl methyl sites for hydroxylation is 1. The molecule has 2 aromatic rings. The Morgan fingerprint density at radius 2 is 2.17 bits per heavy atom. The standard InChI is InChI=1S/C18H25N3O.ClH/c1-13-15(16-4-2-3-5-17(16)21-13)9-11-20-18(22)7-6-14-8-10-19-12-14;/h2-5,14,19,21H,6-12H2,1H3,(H,20,22);1H. The molecule has 1 aliphatic heterocycles. The predicted octanol–water partition coefficient (Wildman–Crippen LogP) is 2.95. The van der Waals surface area contributed by atoms with Crippen molar-refractivity contribution >= 4 is 29.2 Å². The molecule has 0 spiro atoms. The van der Waals surface area contributed by atoms with Crippen molar-refractivity contribution in [2.24, 2.45) is 5.92 Å². The number of nitrogens with one attached hydrogen (secondary N) is 3. The smallest absolute Gasteiger partial charge is 0.220 e. The van der Waals surface area contributed by atoms with Crippen LogP contribution in [-0.4, -0.2) is 30.5 Å². The van der Waals surface area contributed by atoms with Crippen LogP contribution in [0.4, 0.5) is 0 Å². The van der Waals surface area contributed by atoms with Gasteiger partial charge in [0.25, 0.3) is 0 Å². The number of para-hydroxylation sites is 1. The first-order valence-corrected chi connectivity index (χ1v) is 8.27. The van der Waals surface area contributed by atoms with Crippen LogP contribution in [0.3, 0.4) is 0 Å². The number of halogens is 1. The van der Waals surface area contributed by atoms with Crippen molar-refractivity contribution in [3.05, 3.63) is 35.5 Å². The van der Waals surface area contributed by atoms with Gasteiger partial charge in [-0.2, -0.15) is 0 Å². The largest absolute Gasteiger partial charge is 0.358 e. The minimum Gasteiger partial charge on any atom is -0.358 e. The summed E-state index contributed by atoms with van der Waals surface area (Å²) >= 11 is 0. The Kier molecular flexibility index (Phi) is 6.48. The lowest BCUT2D eigenvalue weighted by atomic mass is 10.0. The van der Waals surface area contributed by atoms with Gasteiger partial charge in [-0.05, 0) is 56.8 Å². The van der Waals surface area contributed by atoms with E-state index in [-0.39, 0.29) is 18.3 Å². The molecule has 0 saturated carbocycles. The molecule has 0 radical (unpaired) electrons.